The van der Waals surface area contributed by atoms with Crippen molar-refractivity contribution >= 4 is 31.9 Å². The number of benzene rings is 6. The summed E-state index contributed by atoms with van der Waals surface area (Å²) in [4.78, 5) is 0. The Morgan fingerprint density at radius 2 is 0.883 bits per heavy atom. The lowest BCUT2D eigenvalue weighted by atomic mass is 9.67. The summed E-state index contributed by atoms with van der Waals surface area (Å²) in [5, 5.41) is 0. The van der Waals surface area contributed by atoms with Crippen molar-refractivity contribution in [2.24, 2.45) is 0 Å². The van der Waals surface area contributed by atoms with Gasteiger partial charge < -0.3 is 0 Å². The van der Waals surface area contributed by atoms with E-state index in [2.05, 4.69) is 167 Å². The minimum absolute atomic E-state index is 0.105. The summed E-state index contributed by atoms with van der Waals surface area (Å²) in [6.07, 6.45) is 22.2. The fraction of sp³-hybridized carbons (Fsp3) is 0.379. The summed E-state index contributed by atoms with van der Waals surface area (Å²) in [7, 11) is 0. The first-order valence-electron chi connectivity index (χ1n) is 23.5. The summed E-state index contributed by atoms with van der Waals surface area (Å²) in [6, 6.07) is 48.1. The van der Waals surface area contributed by atoms with Crippen LogP contribution in [-0.4, -0.2) is 0 Å². The lowest BCUT2D eigenvalue weighted by Gasteiger charge is -2.35. The van der Waals surface area contributed by atoms with Crippen molar-refractivity contribution in [3.05, 3.63) is 186 Å². The number of unbranched alkanes of at least 4 members (excludes halogenated alkanes) is 9. The SMILES string of the molecule is CCCCCCc1cc(CCCCCC)cc(C2(CCCCCCC3(c4ccc5c(c4)CC5)c4ccccc4-c4ccccc43)c3cc(Br)ccc3-c3ccc(Br)cc32)c1. The van der Waals surface area contributed by atoms with Crippen LogP contribution >= 0.6 is 31.9 Å². The Morgan fingerprint density at radius 3 is 1.38 bits per heavy atom. The smallest absolute Gasteiger partial charge is 0.0464 e. The molecule has 3 aliphatic rings. The molecular weight excluding hydrogens is 856 g/mol. The molecule has 2 heteroatoms. The van der Waals surface area contributed by atoms with Crippen molar-refractivity contribution in [3.8, 4) is 22.3 Å². The second-order valence-electron chi connectivity index (χ2n) is 18.3. The Balaban J connectivity index is 1.04. The van der Waals surface area contributed by atoms with Crippen molar-refractivity contribution in [3.63, 3.8) is 0 Å². The Hall–Kier alpha value is -3.72. The predicted molar refractivity (Wildman–Crippen MR) is 263 cm³/mol. The third kappa shape index (κ3) is 7.72. The second-order valence-corrected chi connectivity index (χ2v) is 20.2. The van der Waals surface area contributed by atoms with E-state index in [0.717, 1.165) is 12.8 Å². The van der Waals surface area contributed by atoms with E-state index < -0.39 is 0 Å². The standard InChI is InChI=1S/C58H62Br2/c1-3-5-7-11-19-41-35-42(20-12-8-6-4-2)37-46(36-41)58(55-39-47(59)29-31-51(55)52-32-30-48(60)40-56(52)58)34-18-10-9-17-33-57(45-28-27-43-25-26-44(43)38-45)53-23-15-13-21-49(53)50-22-14-16-24-54(50)57/h13-16,21-24,27-32,35-40H,3-12,17-20,25-26,33-34H2,1-2H3. The summed E-state index contributed by atoms with van der Waals surface area (Å²) >= 11 is 7.92. The maximum Gasteiger partial charge on any atom is 0.0464 e. The molecular formula is C58H62Br2. The molecule has 0 saturated heterocycles. The van der Waals surface area contributed by atoms with E-state index in [9.17, 15) is 0 Å². The Morgan fingerprint density at radius 1 is 0.400 bits per heavy atom. The number of rotatable bonds is 19. The van der Waals surface area contributed by atoms with Gasteiger partial charge in [0.05, 0.1) is 0 Å². The molecule has 9 rings (SSSR count). The highest BCUT2D eigenvalue weighted by Gasteiger charge is 2.46. The van der Waals surface area contributed by atoms with E-state index in [0.29, 0.717) is 0 Å². The van der Waals surface area contributed by atoms with Gasteiger partial charge in [-0.3, -0.25) is 0 Å². The van der Waals surface area contributed by atoms with Gasteiger partial charge >= 0.3 is 0 Å². The summed E-state index contributed by atoms with van der Waals surface area (Å²) in [5.74, 6) is 0. The molecule has 0 aliphatic heterocycles. The van der Waals surface area contributed by atoms with Gasteiger partial charge in [0, 0.05) is 19.8 Å². The first-order valence-corrected chi connectivity index (χ1v) is 25.1. The molecule has 0 saturated carbocycles. The first-order chi connectivity index (χ1) is 29.5. The second kappa shape index (κ2) is 18.3. The maximum atomic E-state index is 3.96. The van der Waals surface area contributed by atoms with Crippen LogP contribution in [0.1, 0.15) is 159 Å². The third-order valence-electron chi connectivity index (χ3n) is 14.6. The fourth-order valence-electron chi connectivity index (χ4n) is 11.5. The molecule has 0 atom stereocenters. The third-order valence-corrected chi connectivity index (χ3v) is 15.6. The highest BCUT2D eigenvalue weighted by molar-refractivity contribution is 9.10. The van der Waals surface area contributed by atoms with Crippen LogP contribution in [0.2, 0.25) is 0 Å². The van der Waals surface area contributed by atoms with Gasteiger partial charge in [-0.05, 0) is 154 Å². The lowest BCUT2D eigenvalue weighted by molar-refractivity contribution is 0.479. The van der Waals surface area contributed by atoms with Crippen LogP contribution in [0.3, 0.4) is 0 Å². The van der Waals surface area contributed by atoms with Gasteiger partial charge in [0.2, 0.25) is 0 Å². The molecule has 308 valence electrons. The van der Waals surface area contributed by atoms with Gasteiger partial charge in [-0.2, -0.15) is 0 Å². The van der Waals surface area contributed by atoms with Crippen molar-refractivity contribution in [2.75, 3.05) is 0 Å². The van der Waals surface area contributed by atoms with Gasteiger partial charge in [-0.25, -0.2) is 0 Å². The van der Waals surface area contributed by atoms with Gasteiger partial charge in [0.25, 0.3) is 0 Å². The Bertz CT molecular complexity index is 2340. The first kappa shape index (κ1) is 41.6. The molecule has 0 nitrogen and oxygen atoms in total. The fourth-order valence-corrected chi connectivity index (χ4v) is 12.3. The Kier molecular flexibility index (Phi) is 12.7. The van der Waals surface area contributed by atoms with E-state index in [4.69, 9.17) is 0 Å². The highest BCUT2D eigenvalue weighted by Crippen LogP contribution is 2.58. The molecule has 0 amide bonds. The van der Waals surface area contributed by atoms with Crippen molar-refractivity contribution in [1.29, 1.82) is 0 Å². The van der Waals surface area contributed by atoms with E-state index in [1.54, 1.807) is 11.1 Å². The van der Waals surface area contributed by atoms with E-state index >= 15 is 0 Å². The average molecular weight is 919 g/mol. The van der Waals surface area contributed by atoms with Crippen LogP contribution in [0.25, 0.3) is 22.3 Å². The molecule has 0 radical (unpaired) electrons. The van der Waals surface area contributed by atoms with Gasteiger partial charge in [-0.1, -0.05) is 207 Å². The van der Waals surface area contributed by atoms with Crippen molar-refractivity contribution < 1.29 is 0 Å². The van der Waals surface area contributed by atoms with E-state index in [1.165, 1.54) is 178 Å². The number of halogens is 2. The quantitative estimate of drug-likeness (QED) is 0.0710. The number of hydrogen-bond acceptors (Lipinski definition) is 0. The molecule has 6 aromatic rings. The largest absolute Gasteiger partial charge is 0.0654 e. The average Bonchev–Trinajstić information content (AvgIpc) is 3.69. The molecule has 3 aliphatic carbocycles. The van der Waals surface area contributed by atoms with Crippen LogP contribution in [0, 0.1) is 0 Å². The van der Waals surface area contributed by atoms with Crippen molar-refractivity contribution in [1.82, 2.24) is 0 Å². The van der Waals surface area contributed by atoms with E-state index in [-0.39, 0.29) is 10.8 Å². The summed E-state index contributed by atoms with van der Waals surface area (Å²) < 4.78 is 2.34. The van der Waals surface area contributed by atoms with Crippen molar-refractivity contribution in [2.45, 2.75) is 140 Å². The predicted octanol–water partition coefficient (Wildman–Crippen LogP) is 17.2. The topological polar surface area (TPSA) is 0 Å². The molecule has 60 heavy (non-hydrogen) atoms. The molecule has 0 heterocycles. The highest BCUT2D eigenvalue weighted by atomic mass is 79.9. The van der Waals surface area contributed by atoms with Crippen LogP contribution < -0.4 is 0 Å². The summed E-state index contributed by atoms with van der Waals surface area (Å²) in [6.45, 7) is 4.64. The minimum atomic E-state index is -0.202. The molecule has 0 unspecified atom stereocenters. The number of aryl methyl sites for hydroxylation is 4. The zero-order valence-corrected chi connectivity index (χ0v) is 39.2. The van der Waals surface area contributed by atoms with Crippen LogP contribution in [0.4, 0.5) is 0 Å². The van der Waals surface area contributed by atoms with Crippen LogP contribution in [0.5, 0.6) is 0 Å². The molecule has 0 bridgehead atoms. The monoisotopic (exact) mass is 916 g/mol. The van der Waals surface area contributed by atoms with Crippen LogP contribution in [0.15, 0.2) is 130 Å². The zero-order chi connectivity index (χ0) is 41.1. The Labute approximate surface area is 377 Å². The summed E-state index contributed by atoms with van der Waals surface area (Å²) in [5.41, 5.74) is 20.5. The molecule has 0 N–H and O–H groups in total. The maximum absolute atomic E-state index is 3.96. The zero-order valence-electron chi connectivity index (χ0n) is 36.0. The number of hydrogen-bond donors (Lipinski definition) is 0. The normalized spacial score (nSPS) is 14.9. The molecule has 0 spiro atoms. The van der Waals surface area contributed by atoms with E-state index in [1.807, 2.05) is 0 Å². The minimum Gasteiger partial charge on any atom is -0.0654 e. The van der Waals surface area contributed by atoms with Gasteiger partial charge in [0.1, 0.15) is 0 Å². The lowest BCUT2D eigenvalue weighted by Crippen LogP contribution is -2.28. The molecule has 0 aromatic heterocycles. The molecule has 6 aromatic carbocycles. The molecule has 0 fully saturated rings. The van der Waals surface area contributed by atoms with Gasteiger partial charge in [-0.15, -0.1) is 0 Å². The van der Waals surface area contributed by atoms with Crippen LogP contribution in [-0.2, 0) is 36.5 Å². The number of fused-ring (bicyclic) bond motifs is 7. The van der Waals surface area contributed by atoms with Gasteiger partial charge in [0.15, 0.2) is 0 Å².